The first-order valence-corrected chi connectivity index (χ1v) is 6.92. The third-order valence-corrected chi connectivity index (χ3v) is 3.62. The van der Waals surface area contributed by atoms with Crippen molar-refractivity contribution in [3.05, 3.63) is 70.0 Å². The summed E-state index contributed by atoms with van der Waals surface area (Å²) in [7, 11) is 0. The van der Waals surface area contributed by atoms with Crippen LogP contribution in [-0.4, -0.2) is 5.78 Å². The highest BCUT2D eigenvalue weighted by Crippen LogP contribution is 2.20. The molecular formula is C17H16ClFO. The number of rotatable bonds is 4. The Bertz CT molecular complexity index is 617. The van der Waals surface area contributed by atoms with Gasteiger partial charge in [-0.05, 0) is 29.2 Å². The fraction of sp³-hybridized carbons (Fsp3) is 0.235. The summed E-state index contributed by atoms with van der Waals surface area (Å²) in [6.45, 7) is 4.21. The van der Waals surface area contributed by atoms with E-state index in [1.807, 2.05) is 24.3 Å². The number of hydrogen-bond acceptors (Lipinski definition) is 1. The summed E-state index contributed by atoms with van der Waals surface area (Å²) in [6, 6.07) is 11.7. The molecule has 0 unspecified atom stereocenters. The van der Waals surface area contributed by atoms with Gasteiger partial charge in [0.15, 0.2) is 5.78 Å². The predicted molar refractivity (Wildman–Crippen MR) is 80.0 cm³/mol. The van der Waals surface area contributed by atoms with Crippen LogP contribution in [0.2, 0.25) is 5.02 Å². The van der Waals surface area contributed by atoms with Gasteiger partial charge in [0.05, 0.1) is 0 Å². The molecule has 0 bridgehead atoms. The van der Waals surface area contributed by atoms with E-state index in [1.165, 1.54) is 17.7 Å². The Morgan fingerprint density at radius 1 is 1.15 bits per heavy atom. The molecule has 3 heteroatoms. The monoisotopic (exact) mass is 290 g/mol. The van der Waals surface area contributed by atoms with Crippen LogP contribution in [0.3, 0.4) is 0 Å². The molecule has 0 radical (unpaired) electrons. The quantitative estimate of drug-likeness (QED) is 0.722. The van der Waals surface area contributed by atoms with Gasteiger partial charge in [0.2, 0.25) is 0 Å². The molecule has 0 aliphatic rings. The summed E-state index contributed by atoms with van der Waals surface area (Å²) in [5.41, 5.74) is 2.49. The molecular weight excluding hydrogens is 275 g/mol. The Morgan fingerprint density at radius 2 is 1.80 bits per heavy atom. The van der Waals surface area contributed by atoms with Gasteiger partial charge in [0.25, 0.3) is 0 Å². The molecule has 0 heterocycles. The van der Waals surface area contributed by atoms with Crippen LogP contribution in [0.1, 0.15) is 41.3 Å². The van der Waals surface area contributed by atoms with Crippen LogP contribution in [0.15, 0.2) is 42.5 Å². The molecule has 0 aliphatic heterocycles. The van der Waals surface area contributed by atoms with Crippen molar-refractivity contribution in [2.24, 2.45) is 0 Å². The molecule has 2 rings (SSSR count). The number of ketones is 1. The Morgan fingerprint density at radius 3 is 2.35 bits per heavy atom. The van der Waals surface area contributed by atoms with E-state index < -0.39 is 5.82 Å². The molecule has 1 nitrogen and oxygen atoms in total. The fourth-order valence-electron chi connectivity index (χ4n) is 1.99. The number of Topliss-reactive ketones (excluding diaryl/α,β-unsaturated/α-hetero) is 1. The highest BCUT2D eigenvalue weighted by atomic mass is 35.5. The molecule has 0 N–H and O–H groups in total. The largest absolute Gasteiger partial charge is 0.294 e. The second kappa shape index (κ2) is 6.19. The average Bonchev–Trinajstić information content (AvgIpc) is 2.42. The van der Waals surface area contributed by atoms with E-state index in [2.05, 4.69) is 13.8 Å². The summed E-state index contributed by atoms with van der Waals surface area (Å²) >= 11 is 5.94. The molecule has 0 spiro atoms. The molecule has 0 aromatic heterocycles. The lowest BCUT2D eigenvalue weighted by molar-refractivity contribution is 0.0993. The minimum atomic E-state index is -0.396. The fourth-order valence-corrected chi connectivity index (χ4v) is 2.23. The molecule has 0 saturated carbocycles. The molecule has 0 aliphatic carbocycles. The first-order valence-electron chi connectivity index (χ1n) is 6.54. The van der Waals surface area contributed by atoms with Crippen LogP contribution in [0, 0.1) is 5.82 Å². The van der Waals surface area contributed by atoms with Crippen LogP contribution in [0.4, 0.5) is 4.39 Å². The number of benzene rings is 2. The summed E-state index contributed by atoms with van der Waals surface area (Å²) in [5.74, 6) is 0.0204. The lowest BCUT2D eigenvalue weighted by Crippen LogP contribution is -2.04. The Balaban J connectivity index is 2.15. The van der Waals surface area contributed by atoms with Gasteiger partial charge >= 0.3 is 0 Å². The predicted octanol–water partition coefficient (Wildman–Crippen LogP) is 5.03. The van der Waals surface area contributed by atoms with Crippen LogP contribution in [-0.2, 0) is 6.42 Å². The standard InChI is InChI=1S/C17H16ClFO/c1-11(2)12-3-5-13(6-4-12)17(20)9-14-7-8-15(19)10-16(14)18/h3-8,10-11H,9H2,1-2H3. The van der Waals surface area contributed by atoms with Crippen molar-refractivity contribution in [1.29, 1.82) is 0 Å². The zero-order valence-corrected chi connectivity index (χ0v) is 12.2. The number of hydrogen-bond donors (Lipinski definition) is 0. The second-order valence-corrected chi connectivity index (χ2v) is 5.52. The topological polar surface area (TPSA) is 17.1 Å². The van der Waals surface area contributed by atoms with Gasteiger partial charge in [-0.15, -0.1) is 0 Å². The van der Waals surface area contributed by atoms with Gasteiger partial charge < -0.3 is 0 Å². The lowest BCUT2D eigenvalue weighted by Gasteiger charge is -2.07. The summed E-state index contributed by atoms with van der Waals surface area (Å²) in [4.78, 5) is 12.2. The zero-order valence-electron chi connectivity index (χ0n) is 11.5. The van der Waals surface area contributed by atoms with E-state index in [0.29, 0.717) is 17.0 Å². The number of carbonyl (C=O) groups excluding carboxylic acids is 1. The highest BCUT2D eigenvalue weighted by Gasteiger charge is 2.10. The third-order valence-electron chi connectivity index (χ3n) is 3.27. The van der Waals surface area contributed by atoms with E-state index in [-0.39, 0.29) is 17.2 Å². The summed E-state index contributed by atoms with van der Waals surface area (Å²) in [6.07, 6.45) is 0.181. The Hall–Kier alpha value is -1.67. The maximum atomic E-state index is 13.0. The summed E-state index contributed by atoms with van der Waals surface area (Å²) < 4.78 is 13.0. The minimum Gasteiger partial charge on any atom is -0.294 e. The Kier molecular flexibility index (Phi) is 4.56. The SMILES string of the molecule is CC(C)c1ccc(C(=O)Cc2ccc(F)cc2Cl)cc1. The van der Waals surface area contributed by atoms with Gasteiger partial charge in [-0.1, -0.05) is 55.8 Å². The number of carbonyl (C=O) groups is 1. The van der Waals surface area contributed by atoms with Gasteiger partial charge in [0.1, 0.15) is 5.82 Å². The zero-order chi connectivity index (χ0) is 14.7. The smallest absolute Gasteiger partial charge is 0.167 e. The van der Waals surface area contributed by atoms with E-state index in [0.717, 1.165) is 0 Å². The third kappa shape index (κ3) is 3.45. The van der Waals surface area contributed by atoms with Crippen LogP contribution in [0.25, 0.3) is 0 Å². The number of halogens is 2. The lowest BCUT2D eigenvalue weighted by atomic mass is 9.98. The van der Waals surface area contributed by atoms with Gasteiger partial charge in [-0.3, -0.25) is 4.79 Å². The van der Waals surface area contributed by atoms with Gasteiger partial charge in [-0.2, -0.15) is 0 Å². The molecule has 2 aromatic carbocycles. The van der Waals surface area contributed by atoms with Crippen LogP contribution >= 0.6 is 11.6 Å². The second-order valence-electron chi connectivity index (χ2n) is 5.11. The van der Waals surface area contributed by atoms with E-state index in [9.17, 15) is 9.18 Å². The van der Waals surface area contributed by atoms with Crippen LogP contribution in [0.5, 0.6) is 0 Å². The maximum absolute atomic E-state index is 13.0. The average molecular weight is 291 g/mol. The molecule has 0 saturated heterocycles. The van der Waals surface area contributed by atoms with Gasteiger partial charge in [0, 0.05) is 17.0 Å². The first kappa shape index (κ1) is 14.7. The highest BCUT2D eigenvalue weighted by molar-refractivity contribution is 6.31. The van der Waals surface area contributed by atoms with Crippen molar-refractivity contribution in [1.82, 2.24) is 0 Å². The summed E-state index contributed by atoms with van der Waals surface area (Å²) in [5, 5.41) is 0.289. The molecule has 0 fully saturated rings. The van der Waals surface area contributed by atoms with Crippen molar-refractivity contribution in [2.45, 2.75) is 26.2 Å². The van der Waals surface area contributed by atoms with E-state index in [4.69, 9.17) is 11.6 Å². The van der Waals surface area contributed by atoms with Crippen molar-refractivity contribution in [3.63, 3.8) is 0 Å². The minimum absolute atomic E-state index is 0.0196. The van der Waals surface area contributed by atoms with Gasteiger partial charge in [-0.25, -0.2) is 4.39 Å². The normalized spacial score (nSPS) is 10.8. The van der Waals surface area contributed by atoms with Crippen molar-refractivity contribution >= 4 is 17.4 Å². The Labute approximate surface area is 123 Å². The van der Waals surface area contributed by atoms with Crippen molar-refractivity contribution in [2.75, 3.05) is 0 Å². The van der Waals surface area contributed by atoms with Crippen LogP contribution < -0.4 is 0 Å². The molecule has 20 heavy (non-hydrogen) atoms. The van der Waals surface area contributed by atoms with Crippen molar-refractivity contribution in [3.8, 4) is 0 Å². The van der Waals surface area contributed by atoms with E-state index in [1.54, 1.807) is 6.07 Å². The molecule has 0 atom stereocenters. The van der Waals surface area contributed by atoms with Crippen molar-refractivity contribution < 1.29 is 9.18 Å². The molecule has 2 aromatic rings. The van der Waals surface area contributed by atoms with E-state index >= 15 is 0 Å². The molecule has 104 valence electrons. The first-order chi connectivity index (χ1) is 9.47. The molecule has 0 amide bonds. The maximum Gasteiger partial charge on any atom is 0.167 e.